The highest BCUT2D eigenvalue weighted by Gasteiger charge is 2.41. The molecule has 0 unspecified atom stereocenters. The van der Waals surface area contributed by atoms with E-state index in [0.29, 0.717) is 6.26 Å². The Bertz CT molecular complexity index is 1040. The monoisotopic (exact) mass is 590 g/mol. The number of hydrogen-bond donors (Lipinski definition) is 1. The third-order valence-electron chi connectivity index (χ3n) is 2.89. The minimum Gasteiger partial charge on any atom is -0.406 e. The van der Waals surface area contributed by atoms with E-state index in [4.69, 9.17) is 0 Å². The Morgan fingerprint density at radius 1 is 1.14 bits per heavy atom. The molecule has 2 rings (SSSR count). The van der Waals surface area contributed by atoms with Crippen molar-refractivity contribution >= 4 is 64.6 Å². The maximum Gasteiger partial charge on any atom is 0.573 e. The Hall–Kier alpha value is -1.39. The Kier molecular flexibility index (Phi) is 6.62. The van der Waals surface area contributed by atoms with Gasteiger partial charge >= 0.3 is 12.5 Å². The molecule has 160 valence electrons. The molecule has 0 aliphatic rings. The fraction of sp³-hybridized carbons (Fsp3) is 0.231. The summed E-state index contributed by atoms with van der Waals surface area (Å²) in [5.41, 5.74) is -1.92. The van der Waals surface area contributed by atoms with Gasteiger partial charge < -0.3 is 10.1 Å². The van der Waals surface area contributed by atoms with E-state index in [1.165, 1.54) is 0 Å². The van der Waals surface area contributed by atoms with Crippen LogP contribution in [0.4, 0.5) is 32.0 Å². The van der Waals surface area contributed by atoms with Gasteiger partial charge in [0.1, 0.15) is 10.6 Å². The van der Waals surface area contributed by atoms with Crippen LogP contribution in [0.15, 0.2) is 25.4 Å². The molecule has 0 atom stereocenters. The van der Waals surface area contributed by atoms with E-state index in [2.05, 4.69) is 46.9 Å². The summed E-state index contributed by atoms with van der Waals surface area (Å²) in [7, 11) is -4.12. The molecule has 0 aliphatic heterocycles. The Morgan fingerprint density at radius 3 is 2.07 bits per heavy atom. The lowest BCUT2D eigenvalue weighted by Gasteiger charge is -2.14. The van der Waals surface area contributed by atoms with Crippen LogP contribution < -0.4 is 10.1 Å². The first-order chi connectivity index (χ1) is 13.0. The van der Waals surface area contributed by atoms with Crippen molar-refractivity contribution in [1.29, 1.82) is 0 Å². The summed E-state index contributed by atoms with van der Waals surface area (Å²) in [6.45, 7) is 0. The minimum atomic E-state index is -5.12. The quantitative estimate of drug-likeness (QED) is 0.492. The summed E-state index contributed by atoms with van der Waals surface area (Å²) < 4.78 is 102. The van der Waals surface area contributed by atoms with Crippen LogP contribution in [0, 0.1) is 0 Å². The van der Waals surface area contributed by atoms with E-state index in [9.17, 15) is 39.6 Å². The first-order valence-corrected chi connectivity index (χ1v) is 11.1. The number of alkyl halides is 6. The lowest BCUT2D eigenvalue weighted by atomic mass is 10.2. The number of sulfone groups is 1. The standard InChI is InChI=1S/C13H6Br2F6N2O4S2/c1-29(25,26)11-23-9(12(16,17)18)8(28-11)10(24)22-7-5(14)2-4(3-6(7)15)27-13(19,20)21/h2-3H,1H3,(H,22,24). The van der Waals surface area contributed by atoms with Gasteiger partial charge in [0, 0.05) is 15.2 Å². The normalized spacial score (nSPS) is 12.7. The minimum absolute atomic E-state index is 0.00823. The van der Waals surface area contributed by atoms with Crippen molar-refractivity contribution in [2.45, 2.75) is 16.9 Å². The third kappa shape index (κ3) is 6.05. The summed E-state index contributed by atoms with van der Waals surface area (Å²) in [4.78, 5) is 14.3. The molecule has 0 saturated heterocycles. The van der Waals surface area contributed by atoms with Gasteiger partial charge in [-0.05, 0) is 44.0 Å². The van der Waals surface area contributed by atoms with E-state index < -0.39 is 48.9 Å². The molecular formula is C13H6Br2F6N2O4S2. The molecule has 1 heterocycles. The molecule has 29 heavy (non-hydrogen) atoms. The number of halogens is 8. The molecule has 6 nitrogen and oxygen atoms in total. The first-order valence-electron chi connectivity index (χ1n) is 6.83. The molecule has 0 saturated carbocycles. The molecule has 16 heteroatoms. The number of carbonyl (C=O) groups excluding carboxylic acids is 1. The molecule has 1 amide bonds. The topological polar surface area (TPSA) is 85.4 Å². The number of rotatable bonds is 4. The van der Waals surface area contributed by atoms with E-state index in [-0.39, 0.29) is 26.0 Å². The van der Waals surface area contributed by atoms with Crippen molar-refractivity contribution in [2.75, 3.05) is 11.6 Å². The predicted octanol–water partition coefficient (Wildman–Crippen LogP) is 5.24. The molecule has 2 aromatic rings. The van der Waals surface area contributed by atoms with Gasteiger partial charge in [0.2, 0.25) is 14.2 Å². The molecule has 0 spiro atoms. The van der Waals surface area contributed by atoms with Crippen molar-refractivity contribution < 1.29 is 44.3 Å². The van der Waals surface area contributed by atoms with Gasteiger partial charge in [-0.3, -0.25) is 4.79 Å². The van der Waals surface area contributed by atoms with Gasteiger partial charge in [0.25, 0.3) is 5.91 Å². The van der Waals surface area contributed by atoms with Crippen LogP contribution in [0.5, 0.6) is 5.75 Å². The van der Waals surface area contributed by atoms with Gasteiger partial charge in [-0.25, -0.2) is 13.4 Å². The zero-order valence-electron chi connectivity index (χ0n) is 13.6. The average Bonchev–Trinajstić information content (AvgIpc) is 2.94. The van der Waals surface area contributed by atoms with Crippen molar-refractivity contribution in [3.8, 4) is 5.75 Å². The van der Waals surface area contributed by atoms with Crippen molar-refractivity contribution in [2.24, 2.45) is 0 Å². The van der Waals surface area contributed by atoms with Gasteiger partial charge in [-0.15, -0.1) is 13.2 Å². The molecule has 0 radical (unpaired) electrons. The summed E-state index contributed by atoms with van der Waals surface area (Å²) in [6, 6.07) is 1.65. The highest BCUT2D eigenvalue weighted by molar-refractivity contribution is 9.11. The summed E-state index contributed by atoms with van der Waals surface area (Å²) >= 11 is 5.77. The first kappa shape index (κ1) is 23.9. The van der Waals surface area contributed by atoms with Gasteiger partial charge in [0.15, 0.2) is 5.69 Å². The van der Waals surface area contributed by atoms with Crippen molar-refractivity contribution in [1.82, 2.24) is 4.98 Å². The highest BCUT2D eigenvalue weighted by atomic mass is 79.9. The number of amides is 1. The number of ether oxygens (including phenoxy) is 1. The van der Waals surface area contributed by atoms with Gasteiger partial charge in [-0.2, -0.15) is 13.2 Å². The van der Waals surface area contributed by atoms with Gasteiger partial charge in [0.05, 0.1) is 5.69 Å². The van der Waals surface area contributed by atoms with E-state index in [1.54, 1.807) is 0 Å². The summed E-state index contributed by atoms with van der Waals surface area (Å²) in [6.07, 6.45) is -9.48. The predicted molar refractivity (Wildman–Crippen MR) is 96.7 cm³/mol. The second-order valence-electron chi connectivity index (χ2n) is 5.19. The molecular weight excluding hydrogens is 586 g/mol. The van der Waals surface area contributed by atoms with Crippen LogP contribution in [0.25, 0.3) is 0 Å². The highest BCUT2D eigenvalue weighted by Crippen LogP contribution is 2.39. The largest absolute Gasteiger partial charge is 0.573 e. The zero-order chi connectivity index (χ0) is 22.4. The maximum atomic E-state index is 13.1. The number of hydrogen-bond acceptors (Lipinski definition) is 6. The van der Waals surface area contributed by atoms with Crippen molar-refractivity contribution in [3.63, 3.8) is 0 Å². The molecule has 0 aliphatic carbocycles. The van der Waals surface area contributed by atoms with Crippen LogP contribution in [0.2, 0.25) is 0 Å². The van der Waals surface area contributed by atoms with Crippen LogP contribution in [0.3, 0.4) is 0 Å². The van der Waals surface area contributed by atoms with E-state index in [1.807, 2.05) is 0 Å². The second-order valence-corrected chi connectivity index (χ2v) is 10.1. The lowest BCUT2D eigenvalue weighted by molar-refractivity contribution is -0.274. The molecule has 1 N–H and O–H groups in total. The molecule has 0 fully saturated rings. The number of aromatic nitrogens is 1. The Morgan fingerprint density at radius 2 is 1.66 bits per heavy atom. The summed E-state index contributed by atoms with van der Waals surface area (Å²) in [5, 5.41) is 2.07. The number of thiazole rings is 1. The molecule has 0 bridgehead atoms. The Balaban J connectivity index is 2.44. The van der Waals surface area contributed by atoms with E-state index in [0.717, 1.165) is 12.1 Å². The third-order valence-corrected chi connectivity index (χ3v) is 6.87. The SMILES string of the molecule is CS(=O)(=O)c1nc(C(F)(F)F)c(C(=O)Nc2c(Br)cc(OC(F)(F)F)cc2Br)s1. The Labute approximate surface area is 179 Å². The fourth-order valence-corrected chi connectivity index (χ4v) is 5.01. The van der Waals surface area contributed by atoms with Crippen LogP contribution in [-0.2, 0) is 16.0 Å². The smallest absolute Gasteiger partial charge is 0.406 e. The fourth-order valence-electron chi connectivity index (χ4n) is 1.84. The number of nitrogens with one attached hydrogen (secondary N) is 1. The van der Waals surface area contributed by atoms with Gasteiger partial charge in [-0.1, -0.05) is 11.3 Å². The van der Waals surface area contributed by atoms with Crippen LogP contribution >= 0.6 is 43.2 Å². The second kappa shape index (κ2) is 8.03. The number of benzene rings is 1. The molecule has 1 aromatic carbocycles. The van der Waals surface area contributed by atoms with Crippen LogP contribution in [-0.4, -0.2) is 31.9 Å². The average molecular weight is 592 g/mol. The number of nitrogens with zero attached hydrogens (tertiary/aromatic N) is 1. The maximum absolute atomic E-state index is 13.1. The number of anilines is 1. The lowest BCUT2D eigenvalue weighted by Crippen LogP contribution is -2.18. The summed E-state index contributed by atoms with van der Waals surface area (Å²) in [5.74, 6) is -2.03. The number of carbonyl (C=O) groups is 1. The molecule has 1 aromatic heterocycles. The van der Waals surface area contributed by atoms with E-state index >= 15 is 0 Å². The van der Waals surface area contributed by atoms with Crippen molar-refractivity contribution in [3.05, 3.63) is 31.6 Å². The zero-order valence-corrected chi connectivity index (χ0v) is 18.4. The van der Waals surface area contributed by atoms with Crippen LogP contribution in [0.1, 0.15) is 15.4 Å².